The van der Waals surface area contributed by atoms with Crippen molar-refractivity contribution in [2.45, 2.75) is 39.3 Å². The first-order valence-corrected chi connectivity index (χ1v) is 7.49. The third-order valence-electron chi connectivity index (χ3n) is 3.59. The van der Waals surface area contributed by atoms with Gasteiger partial charge in [-0.25, -0.2) is 9.18 Å². The molecular weight excluding hydrogens is 315 g/mol. The highest BCUT2D eigenvalue weighted by molar-refractivity contribution is 5.82. The van der Waals surface area contributed by atoms with Crippen LogP contribution in [-0.4, -0.2) is 30.1 Å². The van der Waals surface area contributed by atoms with Crippen LogP contribution in [0.15, 0.2) is 24.3 Å². The summed E-state index contributed by atoms with van der Waals surface area (Å²) in [6.07, 6.45) is -0.962. The molecule has 1 amide bonds. The number of hydrogen-bond acceptors (Lipinski definition) is 5. The molecule has 0 bridgehead atoms. The second-order valence-corrected chi connectivity index (χ2v) is 5.84. The van der Waals surface area contributed by atoms with Crippen molar-refractivity contribution in [1.82, 2.24) is 5.32 Å². The fourth-order valence-electron chi connectivity index (χ4n) is 1.65. The SMILES string of the molecule is CC(C)[C@](C)(C#N)NC(=O)COC(=O)[C@@H](C)Oc1ccc(F)cc1. The predicted molar refractivity (Wildman–Crippen MR) is 84.4 cm³/mol. The quantitative estimate of drug-likeness (QED) is 0.771. The van der Waals surface area contributed by atoms with Crippen LogP contribution < -0.4 is 10.1 Å². The summed E-state index contributed by atoms with van der Waals surface area (Å²) in [5.74, 6) is -1.53. The van der Waals surface area contributed by atoms with E-state index in [1.54, 1.807) is 20.8 Å². The number of carbonyl (C=O) groups excluding carboxylic acids is 2. The highest BCUT2D eigenvalue weighted by Gasteiger charge is 2.30. The van der Waals surface area contributed by atoms with Crippen molar-refractivity contribution in [3.05, 3.63) is 30.1 Å². The Hall–Kier alpha value is -2.62. The summed E-state index contributed by atoms with van der Waals surface area (Å²) in [4.78, 5) is 23.6. The van der Waals surface area contributed by atoms with Crippen LogP contribution in [0.4, 0.5) is 4.39 Å². The number of ether oxygens (including phenoxy) is 2. The van der Waals surface area contributed by atoms with Crippen LogP contribution in [0.25, 0.3) is 0 Å². The largest absolute Gasteiger partial charge is 0.479 e. The number of carbonyl (C=O) groups is 2. The minimum absolute atomic E-state index is 0.108. The lowest BCUT2D eigenvalue weighted by atomic mass is 9.90. The maximum absolute atomic E-state index is 12.8. The highest BCUT2D eigenvalue weighted by Crippen LogP contribution is 2.15. The number of benzene rings is 1. The van der Waals surface area contributed by atoms with Crippen LogP contribution in [0, 0.1) is 23.1 Å². The molecule has 24 heavy (non-hydrogen) atoms. The van der Waals surface area contributed by atoms with Gasteiger partial charge in [0.2, 0.25) is 0 Å². The van der Waals surface area contributed by atoms with Crippen LogP contribution in [0.5, 0.6) is 5.75 Å². The Labute approximate surface area is 140 Å². The molecule has 6 nitrogen and oxygen atoms in total. The molecule has 0 fully saturated rings. The molecule has 0 aliphatic carbocycles. The van der Waals surface area contributed by atoms with Crippen molar-refractivity contribution in [3.63, 3.8) is 0 Å². The van der Waals surface area contributed by atoms with E-state index in [4.69, 9.17) is 14.7 Å². The zero-order valence-electron chi connectivity index (χ0n) is 14.1. The Morgan fingerprint density at radius 2 is 1.88 bits per heavy atom. The molecule has 7 heteroatoms. The number of nitriles is 1. The molecule has 0 aliphatic heterocycles. The van der Waals surface area contributed by atoms with E-state index in [0.717, 1.165) is 0 Å². The molecule has 0 spiro atoms. The first kappa shape index (κ1) is 19.4. The molecule has 0 unspecified atom stereocenters. The standard InChI is InChI=1S/C17H21FN2O4/c1-11(2)17(4,10-19)20-15(21)9-23-16(22)12(3)24-14-7-5-13(18)6-8-14/h5-8,11-12H,9H2,1-4H3,(H,20,21)/t12-,17+/m1/s1. The van der Waals surface area contributed by atoms with E-state index in [2.05, 4.69) is 5.32 Å². The number of esters is 1. The van der Waals surface area contributed by atoms with E-state index >= 15 is 0 Å². The molecule has 1 rings (SSSR count). The Balaban J connectivity index is 2.49. The zero-order chi connectivity index (χ0) is 18.3. The fraction of sp³-hybridized carbons (Fsp3) is 0.471. The summed E-state index contributed by atoms with van der Waals surface area (Å²) < 4.78 is 23.0. The predicted octanol–water partition coefficient (Wildman–Crippen LogP) is 2.19. The lowest BCUT2D eigenvalue weighted by Gasteiger charge is -2.27. The molecule has 130 valence electrons. The summed E-state index contributed by atoms with van der Waals surface area (Å²) in [5.41, 5.74) is -1.04. The molecule has 0 saturated heterocycles. The summed E-state index contributed by atoms with van der Waals surface area (Å²) in [6, 6.07) is 7.20. The molecule has 1 N–H and O–H groups in total. The molecule has 1 aromatic carbocycles. The van der Waals surface area contributed by atoms with Crippen molar-refractivity contribution in [3.8, 4) is 11.8 Å². The van der Waals surface area contributed by atoms with Gasteiger partial charge in [0.15, 0.2) is 12.7 Å². The van der Waals surface area contributed by atoms with Crippen molar-refractivity contribution in [2.75, 3.05) is 6.61 Å². The van der Waals surface area contributed by atoms with Gasteiger partial charge in [-0.05, 0) is 44.0 Å². The van der Waals surface area contributed by atoms with Gasteiger partial charge >= 0.3 is 5.97 Å². The zero-order valence-corrected chi connectivity index (χ0v) is 14.1. The van der Waals surface area contributed by atoms with Crippen molar-refractivity contribution < 1.29 is 23.5 Å². The van der Waals surface area contributed by atoms with Gasteiger partial charge in [-0.3, -0.25) is 4.79 Å². The van der Waals surface area contributed by atoms with Gasteiger partial charge in [0.1, 0.15) is 17.1 Å². The first-order chi connectivity index (χ1) is 11.2. The highest BCUT2D eigenvalue weighted by atomic mass is 19.1. The maximum Gasteiger partial charge on any atom is 0.347 e. The second-order valence-electron chi connectivity index (χ2n) is 5.84. The molecule has 0 aromatic heterocycles. The third kappa shape index (κ3) is 5.54. The lowest BCUT2D eigenvalue weighted by molar-refractivity contribution is -0.155. The second kappa shape index (κ2) is 8.29. The van der Waals surface area contributed by atoms with Crippen LogP contribution in [0.2, 0.25) is 0 Å². The van der Waals surface area contributed by atoms with E-state index in [0.29, 0.717) is 5.75 Å². The van der Waals surface area contributed by atoms with Gasteiger partial charge in [0, 0.05) is 0 Å². The summed E-state index contributed by atoms with van der Waals surface area (Å²) in [5, 5.41) is 11.7. The average Bonchev–Trinajstić information content (AvgIpc) is 2.54. The van der Waals surface area contributed by atoms with Crippen LogP contribution in [0.1, 0.15) is 27.7 Å². The number of rotatable bonds is 7. The minimum Gasteiger partial charge on any atom is -0.479 e. The molecule has 0 saturated carbocycles. The van der Waals surface area contributed by atoms with Gasteiger partial charge < -0.3 is 14.8 Å². The average molecular weight is 336 g/mol. The minimum atomic E-state index is -1.04. The Bertz CT molecular complexity index is 624. The van der Waals surface area contributed by atoms with Gasteiger partial charge in [-0.2, -0.15) is 5.26 Å². The molecule has 2 atom stereocenters. The fourth-order valence-corrected chi connectivity index (χ4v) is 1.65. The summed E-state index contributed by atoms with van der Waals surface area (Å²) in [6.45, 7) is 6.14. The third-order valence-corrected chi connectivity index (χ3v) is 3.59. The van der Waals surface area contributed by atoms with Gasteiger partial charge in [0.25, 0.3) is 5.91 Å². The Morgan fingerprint density at radius 3 is 2.38 bits per heavy atom. The molecular formula is C17H21FN2O4. The smallest absolute Gasteiger partial charge is 0.347 e. The Kier molecular flexibility index (Phi) is 6.71. The lowest BCUT2D eigenvalue weighted by Crippen LogP contribution is -2.50. The van der Waals surface area contributed by atoms with Gasteiger partial charge in [0.05, 0.1) is 6.07 Å². The van der Waals surface area contributed by atoms with Crippen LogP contribution >= 0.6 is 0 Å². The number of amides is 1. The first-order valence-electron chi connectivity index (χ1n) is 7.49. The van der Waals surface area contributed by atoms with Crippen LogP contribution in [-0.2, 0) is 14.3 Å². The van der Waals surface area contributed by atoms with E-state index in [1.165, 1.54) is 31.2 Å². The topological polar surface area (TPSA) is 88.4 Å². The summed E-state index contributed by atoms with van der Waals surface area (Å²) >= 11 is 0. The van der Waals surface area contributed by atoms with Gasteiger partial charge in [-0.1, -0.05) is 13.8 Å². The number of nitrogens with one attached hydrogen (secondary N) is 1. The van der Waals surface area contributed by atoms with Gasteiger partial charge in [-0.15, -0.1) is 0 Å². The number of nitrogens with zero attached hydrogens (tertiary/aromatic N) is 1. The Morgan fingerprint density at radius 1 is 1.29 bits per heavy atom. The van der Waals surface area contributed by atoms with E-state index < -0.39 is 35.9 Å². The molecule has 0 aliphatic rings. The normalized spacial score (nSPS) is 14.2. The monoisotopic (exact) mass is 336 g/mol. The number of hydrogen-bond donors (Lipinski definition) is 1. The van der Waals surface area contributed by atoms with E-state index in [-0.39, 0.29) is 5.92 Å². The van der Waals surface area contributed by atoms with E-state index in [1.807, 2.05) is 6.07 Å². The summed E-state index contributed by atoms with van der Waals surface area (Å²) in [7, 11) is 0. The number of halogens is 1. The molecule has 0 heterocycles. The van der Waals surface area contributed by atoms with Crippen molar-refractivity contribution in [1.29, 1.82) is 5.26 Å². The van der Waals surface area contributed by atoms with E-state index in [9.17, 15) is 14.0 Å². The van der Waals surface area contributed by atoms with Crippen molar-refractivity contribution in [2.24, 2.45) is 5.92 Å². The van der Waals surface area contributed by atoms with Crippen LogP contribution in [0.3, 0.4) is 0 Å². The molecule has 1 aromatic rings. The molecule has 0 radical (unpaired) electrons. The van der Waals surface area contributed by atoms with Crippen molar-refractivity contribution >= 4 is 11.9 Å². The maximum atomic E-state index is 12.8.